The smallest absolute Gasteiger partial charge is 0.264 e. The molecular weight excluding hydrogens is 410 g/mol. The number of ether oxygens (including phenoxy) is 1. The first-order valence-corrected chi connectivity index (χ1v) is 11.7. The lowest BCUT2D eigenvalue weighted by molar-refractivity contribution is 0.301. The van der Waals surface area contributed by atoms with Crippen molar-refractivity contribution in [2.75, 3.05) is 6.26 Å². The van der Waals surface area contributed by atoms with Gasteiger partial charge in [0.2, 0.25) is 0 Å². The molecule has 1 aromatic heterocycles. The second kappa shape index (κ2) is 9.29. The van der Waals surface area contributed by atoms with E-state index < -0.39 is 10.1 Å². The number of rotatable bonds is 8. The van der Waals surface area contributed by atoms with Crippen molar-refractivity contribution in [1.29, 1.82) is 0 Å². The van der Waals surface area contributed by atoms with Crippen molar-refractivity contribution in [2.45, 2.75) is 19.6 Å². The van der Waals surface area contributed by atoms with Crippen LogP contribution in [0.1, 0.15) is 22.4 Å². The highest BCUT2D eigenvalue weighted by Crippen LogP contribution is 2.18. The molecule has 0 amide bonds. The minimum absolute atomic E-state index is 0.0439. The van der Waals surface area contributed by atoms with E-state index in [9.17, 15) is 8.42 Å². The lowest BCUT2D eigenvalue weighted by atomic mass is 10.0. The average Bonchev–Trinajstić information content (AvgIpc) is 2.77. The summed E-state index contributed by atoms with van der Waals surface area (Å²) in [7, 11) is -3.45. The van der Waals surface area contributed by atoms with Crippen LogP contribution < -0.4 is 4.74 Å². The van der Waals surface area contributed by atoms with Gasteiger partial charge >= 0.3 is 0 Å². The summed E-state index contributed by atoms with van der Waals surface area (Å²) in [5.41, 5.74) is 4.89. The molecule has 0 bridgehead atoms. The van der Waals surface area contributed by atoms with Crippen LogP contribution in [0.4, 0.5) is 0 Å². The van der Waals surface area contributed by atoms with E-state index in [2.05, 4.69) is 11.1 Å². The highest BCUT2D eigenvalue weighted by atomic mass is 32.2. The number of hydrogen-bond acceptors (Lipinski definition) is 5. The van der Waals surface area contributed by atoms with Crippen molar-refractivity contribution in [3.05, 3.63) is 107 Å². The molecule has 0 N–H and O–H groups in total. The monoisotopic (exact) mass is 433 g/mol. The van der Waals surface area contributed by atoms with Crippen LogP contribution in [0.5, 0.6) is 5.75 Å². The predicted octanol–water partition coefficient (Wildman–Crippen LogP) is 4.88. The second-order valence-electron chi connectivity index (χ2n) is 7.39. The Kier molecular flexibility index (Phi) is 6.30. The predicted molar refractivity (Wildman–Crippen MR) is 121 cm³/mol. The summed E-state index contributed by atoms with van der Waals surface area (Å²) in [4.78, 5) is 4.63. The van der Waals surface area contributed by atoms with Gasteiger partial charge in [-0.25, -0.2) is 4.98 Å². The van der Waals surface area contributed by atoms with Crippen molar-refractivity contribution in [2.24, 2.45) is 0 Å². The summed E-state index contributed by atoms with van der Waals surface area (Å²) >= 11 is 0. The highest BCUT2D eigenvalue weighted by molar-refractivity contribution is 7.85. The van der Waals surface area contributed by atoms with Crippen LogP contribution in [0, 0.1) is 0 Å². The fourth-order valence-corrected chi connectivity index (χ4v) is 3.64. The third-order valence-electron chi connectivity index (χ3n) is 4.81. The Bertz CT molecular complexity index is 1280. The number of benzene rings is 3. The van der Waals surface area contributed by atoms with Crippen LogP contribution in [-0.4, -0.2) is 19.7 Å². The molecule has 1 heterocycles. The molecule has 4 aromatic rings. The molecule has 0 atom stereocenters. The first-order valence-electron chi connectivity index (χ1n) is 9.93. The van der Waals surface area contributed by atoms with E-state index in [-0.39, 0.29) is 6.61 Å². The van der Waals surface area contributed by atoms with Crippen LogP contribution in [0.2, 0.25) is 0 Å². The number of para-hydroxylation sites is 1. The summed E-state index contributed by atoms with van der Waals surface area (Å²) in [5, 5.41) is 1.11. The zero-order valence-corrected chi connectivity index (χ0v) is 18.0. The van der Waals surface area contributed by atoms with E-state index in [1.165, 1.54) is 0 Å². The summed E-state index contributed by atoms with van der Waals surface area (Å²) in [6.45, 7) is 0.453. The zero-order chi connectivity index (χ0) is 21.7. The topological polar surface area (TPSA) is 65.5 Å². The highest BCUT2D eigenvalue weighted by Gasteiger charge is 2.05. The molecule has 0 aliphatic heterocycles. The normalized spacial score (nSPS) is 11.5. The Hall–Kier alpha value is -3.22. The molecule has 0 fully saturated rings. The molecule has 0 saturated carbocycles. The lowest BCUT2D eigenvalue weighted by Crippen LogP contribution is -2.03. The SMILES string of the molecule is CS(=O)(=O)OCc1cccc(Cc2ccc(OCc3ccc4ccccc4n3)cc2)c1. The Morgan fingerprint density at radius 3 is 2.35 bits per heavy atom. The maximum absolute atomic E-state index is 11.2. The molecule has 3 aromatic carbocycles. The van der Waals surface area contributed by atoms with Crippen molar-refractivity contribution in [3.8, 4) is 5.75 Å². The fraction of sp³-hybridized carbons (Fsp3) is 0.160. The number of pyridine rings is 1. The standard InChI is InChI=1S/C25H23NO4S/c1-31(27,28)30-17-21-6-4-5-20(16-21)15-19-9-13-24(14-10-19)29-18-23-12-11-22-7-2-3-8-25(22)26-23/h2-14,16H,15,17-18H2,1H3. The Morgan fingerprint density at radius 2 is 1.55 bits per heavy atom. The first-order chi connectivity index (χ1) is 14.9. The van der Waals surface area contributed by atoms with Gasteiger partial charge in [0.15, 0.2) is 0 Å². The van der Waals surface area contributed by atoms with Gasteiger partial charge in [0.25, 0.3) is 10.1 Å². The summed E-state index contributed by atoms with van der Waals surface area (Å²) in [5.74, 6) is 0.786. The van der Waals surface area contributed by atoms with Crippen LogP contribution in [-0.2, 0) is 33.9 Å². The average molecular weight is 434 g/mol. The van der Waals surface area contributed by atoms with Gasteiger partial charge in [-0.1, -0.05) is 60.7 Å². The molecule has 0 radical (unpaired) electrons. The van der Waals surface area contributed by atoms with E-state index in [0.717, 1.165) is 51.7 Å². The number of hydrogen-bond donors (Lipinski definition) is 0. The van der Waals surface area contributed by atoms with Gasteiger partial charge in [-0.3, -0.25) is 4.18 Å². The largest absolute Gasteiger partial charge is 0.487 e. The molecule has 0 unspecified atom stereocenters. The molecule has 5 nitrogen and oxygen atoms in total. The lowest BCUT2D eigenvalue weighted by Gasteiger charge is -2.09. The third kappa shape index (κ3) is 6.13. The van der Waals surface area contributed by atoms with Gasteiger partial charge < -0.3 is 4.74 Å². The van der Waals surface area contributed by atoms with E-state index in [0.29, 0.717) is 6.61 Å². The van der Waals surface area contributed by atoms with Gasteiger partial charge in [0, 0.05) is 5.39 Å². The van der Waals surface area contributed by atoms with Crippen molar-refractivity contribution in [1.82, 2.24) is 4.98 Å². The summed E-state index contributed by atoms with van der Waals surface area (Å²) in [6.07, 6.45) is 1.79. The van der Waals surface area contributed by atoms with Crippen LogP contribution in [0.25, 0.3) is 10.9 Å². The molecule has 158 valence electrons. The quantitative estimate of drug-likeness (QED) is 0.371. The molecular formula is C25H23NO4S. The van der Waals surface area contributed by atoms with E-state index >= 15 is 0 Å². The first kappa shape index (κ1) is 21.0. The maximum Gasteiger partial charge on any atom is 0.264 e. The minimum Gasteiger partial charge on any atom is -0.487 e. The molecule has 31 heavy (non-hydrogen) atoms. The van der Waals surface area contributed by atoms with Gasteiger partial charge in [-0.15, -0.1) is 0 Å². The minimum atomic E-state index is -3.45. The van der Waals surface area contributed by atoms with Crippen LogP contribution >= 0.6 is 0 Å². The van der Waals surface area contributed by atoms with E-state index in [1.807, 2.05) is 78.9 Å². The second-order valence-corrected chi connectivity index (χ2v) is 9.03. The Morgan fingerprint density at radius 1 is 0.774 bits per heavy atom. The molecule has 6 heteroatoms. The summed E-state index contributed by atoms with van der Waals surface area (Å²) < 4.78 is 33.1. The van der Waals surface area contributed by atoms with Crippen molar-refractivity contribution in [3.63, 3.8) is 0 Å². The van der Waals surface area contributed by atoms with E-state index in [4.69, 9.17) is 8.92 Å². The van der Waals surface area contributed by atoms with Crippen molar-refractivity contribution >= 4 is 21.0 Å². The van der Waals surface area contributed by atoms with Gasteiger partial charge in [0.05, 0.1) is 24.1 Å². The van der Waals surface area contributed by atoms with Crippen molar-refractivity contribution < 1.29 is 17.3 Å². The summed E-state index contributed by atoms with van der Waals surface area (Å²) in [6, 6.07) is 27.8. The van der Waals surface area contributed by atoms with Crippen LogP contribution in [0.15, 0.2) is 84.9 Å². The number of aromatic nitrogens is 1. The molecule has 0 saturated heterocycles. The maximum atomic E-state index is 11.2. The van der Waals surface area contributed by atoms with Crippen LogP contribution in [0.3, 0.4) is 0 Å². The Labute approximate surface area is 182 Å². The zero-order valence-electron chi connectivity index (χ0n) is 17.2. The third-order valence-corrected chi connectivity index (χ3v) is 5.35. The number of nitrogens with zero attached hydrogens (tertiary/aromatic N) is 1. The molecule has 0 spiro atoms. The molecule has 0 aliphatic rings. The number of fused-ring (bicyclic) bond motifs is 1. The van der Waals surface area contributed by atoms with Gasteiger partial charge in [0.1, 0.15) is 12.4 Å². The fourth-order valence-electron chi connectivity index (χ4n) is 3.29. The molecule has 0 aliphatic carbocycles. The van der Waals surface area contributed by atoms with E-state index in [1.54, 1.807) is 0 Å². The Balaban J connectivity index is 1.35. The van der Waals surface area contributed by atoms with Gasteiger partial charge in [-0.2, -0.15) is 8.42 Å². The molecule has 4 rings (SSSR count). The van der Waals surface area contributed by atoms with Gasteiger partial charge in [-0.05, 0) is 47.4 Å².